The minimum Gasteiger partial charge on any atom is -0.388 e. The van der Waals surface area contributed by atoms with Crippen LogP contribution in [0.4, 0.5) is 4.39 Å². The Bertz CT molecular complexity index is 507. The highest BCUT2D eigenvalue weighted by Gasteiger charge is 2.13. The number of rotatable bonds is 3. The molecule has 1 atom stereocenters. The largest absolute Gasteiger partial charge is 0.388 e. The smallest absolute Gasteiger partial charge is 0.141 e. The van der Waals surface area contributed by atoms with Crippen LogP contribution in [0.15, 0.2) is 18.5 Å². The maximum atomic E-state index is 12.9. The molecule has 2 heterocycles. The lowest BCUT2D eigenvalue weighted by Crippen LogP contribution is -2.02. The van der Waals surface area contributed by atoms with E-state index < -0.39 is 11.9 Å². The van der Waals surface area contributed by atoms with E-state index >= 15 is 0 Å². The van der Waals surface area contributed by atoms with E-state index in [2.05, 4.69) is 9.97 Å². The third-order valence-electron chi connectivity index (χ3n) is 2.55. The Morgan fingerprint density at radius 3 is 2.76 bits per heavy atom. The summed E-state index contributed by atoms with van der Waals surface area (Å²) in [7, 11) is 0. The molecule has 0 bridgehead atoms. The molecule has 2 rings (SSSR count). The first-order valence-corrected chi connectivity index (χ1v) is 6.09. The summed E-state index contributed by atoms with van der Waals surface area (Å²) in [5, 5.41) is 10.8. The summed E-state index contributed by atoms with van der Waals surface area (Å²) in [5.74, 6) is -0.437. The lowest BCUT2D eigenvalue weighted by atomic mass is 10.1. The second kappa shape index (κ2) is 4.89. The van der Waals surface area contributed by atoms with Gasteiger partial charge in [-0.25, -0.2) is 9.37 Å². The molecule has 0 fully saturated rings. The Balaban J connectivity index is 2.14. The molecule has 3 nitrogen and oxygen atoms in total. The van der Waals surface area contributed by atoms with Crippen molar-refractivity contribution in [3.8, 4) is 0 Å². The van der Waals surface area contributed by atoms with E-state index in [0.29, 0.717) is 12.0 Å². The molecule has 0 radical (unpaired) electrons. The summed E-state index contributed by atoms with van der Waals surface area (Å²) >= 11 is 1.56. The first kappa shape index (κ1) is 12.1. The first-order valence-electron chi connectivity index (χ1n) is 5.27. The van der Waals surface area contributed by atoms with Gasteiger partial charge in [0.1, 0.15) is 5.82 Å². The second-order valence-corrected chi connectivity index (χ2v) is 5.19. The number of pyridine rings is 1. The number of thiazole rings is 1. The average molecular weight is 252 g/mol. The van der Waals surface area contributed by atoms with Crippen molar-refractivity contribution in [1.29, 1.82) is 0 Å². The number of aryl methyl sites for hydroxylation is 2. The molecular formula is C12H13FN2OS. The molecule has 0 aliphatic heterocycles. The van der Waals surface area contributed by atoms with Gasteiger partial charge in [0, 0.05) is 23.1 Å². The Labute approximate surface area is 103 Å². The van der Waals surface area contributed by atoms with Crippen LogP contribution >= 0.6 is 11.3 Å². The molecular weight excluding hydrogens is 239 g/mol. The number of aliphatic hydroxyl groups is 1. The van der Waals surface area contributed by atoms with Gasteiger partial charge in [-0.3, -0.25) is 4.98 Å². The van der Waals surface area contributed by atoms with E-state index in [-0.39, 0.29) is 0 Å². The number of aromatic nitrogens is 2. The van der Waals surface area contributed by atoms with Crippen LogP contribution in [-0.4, -0.2) is 15.1 Å². The number of aliphatic hydroxyl groups excluding tert-OH is 1. The maximum absolute atomic E-state index is 12.9. The van der Waals surface area contributed by atoms with Gasteiger partial charge in [0.05, 0.1) is 23.0 Å². The van der Waals surface area contributed by atoms with Crippen molar-refractivity contribution in [1.82, 2.24) is 9.97 Å². The van der Waals surface area contributed by atoms with Crippen molar-refractivity contribution in [3.63, 3.8) is 0 Å². The molecule has 1 N–H and O–H groups in total. The highest BCUT2D eigenvalue weighted by Crippen LogP contribution is 2.23. The molecule has 0 saturated heterocycles. The molecule has 0 spiro atoms. The van der Waals surface area contributed by atoms with E-state index in [1.807, 2.05) is 13.8 Å². The molecule has 0 aliphatic carbocycles. The fourth-order valence-electron chi connectivity index (χ4n) is 1.52. The van der Waals surface area contributed by atoms with Gasteiger partial charge in [-0.1, -0.05) is 0 Å². The van der Waals surface area contributed by atoms with Gasteiger partial charge in [-0.2, -0.15) is 0 Å². The monoisotopic (exact) mass is 252 g/mol. The summed E-state index contributed by atoms with van der Waals surface area (Å²) in [5.41, 5.74) is 1.46. The first-order chi connectivity index (χ1) is 8.06. The molecule has 0 amide bonds. The van der Waals surface area contributed by atoms with Crippen LogP contribution in [-0.2, 0) is 6.42 Å². The standard InChI is InChI=1S/C12H13FN2OS/c1-7-8(2)17-12(15-7)4-11(16)9-3-10(13)6-14-5-9/h3,5-6,11,16H,4H2,1-2H3. The summed E-state index contributed by atoms with van der Waals surface area (Å²) < 4.78 is 12.9. The average Bonchev–Trinajstić information content (AvgIpc) is 2.58. The molecule has 5 heteroatoms. The van der Waals surface area contributed by atoms with Gasteiger partial charge in [0.2, 0.25) is 0 Å². The predicted molar refractivity (Wildman–Crippen MR) is 64.4 cm³/mol. The number of nitrogens with zero attached hydrogens (tertiary/aromatic N) is 2. The Hall–Kier alpha value is -1.33. The van der Waals surface area contributed by atoms with Gasteiger partial charge < -0.3 is 5.11 Å². The number of hydrogen-bond acceptors (Lipinski definition) is 4. The molecule has 2 aromatic rings. The summed E-state index contributed by atoms with van der Waals surface area (Å²) in [6.45, 7) is 3.93. The minimum atomic E-state index is -0.761. The summed E-state index contributed by atoms with van der Waals surface area (Å²) in [4.78, 5) is 9.20. The quantitative estimate of drug-likeness (QED) is 0.913. The van der Waals surface area contributed by atoms with E-state index in [1.165, 1.54) is 12.3 Å². The SMILES string of the molecule is Cc1nc(CC(O)c2cncc(F)c2)sc1C. The lowest BCUT2D eigenvalue weighted by Gasteiger charge is -2.08. The fraction of sp³-hybridized carbons (Fsp3) is 0.333. The second-order valence-electron chi connectivity index (χ2n) is 3.91. The molecule has 0 aromatic carbocycles. The highest BCUT2D eigenvalue weighted by atomic mass is 32.1. The molecule has 0 saturated carbocycles. The van der Waals surface area contributed by atoms with Crippen molar-refractivity contribution in [2.45, 2.75) is 26.4 Å². The molecule has 2 aromatic heterocycles. The van der Waals surface area contributed by atoms with Crippen LogP contribution in [0.2, 0.25) is 0 Å². The van der Waals surface area contributed by atoms with Crippen LogP contribution in [0.5, 0.6) is 0 Å². The number of hydrogen-bond donors (Lipinski definition) is 1. The zero-order valence-electron chi connectivity index (χ0n) is 9.64. The van der Waals surface area contributed by atoms with Crippen LogP contribution in [0.3, 0.4) is 0 Å². The van der Waals surface area contributed by atoms with Crippen LogP contribution in [0.25, 0.3) is 0 Å². The van der Waals surface area contributed by atoms with Crippen molar-refractivity contribution in [2.24, 2.45) is 0 Å². The fourth-order valence-corrected chi connectivity index (χ4v) is 2.49. The van der Waals surface area contributed by atoms with E-state index in [0.717, 1.165) is 21.8 Å². The maximum Gasteiger partial charge on any atom is 0.141 e. The molecule has 17 heavy (non-hydrogen) atoms. The third kappa shape index (κ3) is 2.87. The highest BCUT2D eigenvalue weighted by molar-refractivity contribution is 7.11. The van der Waals surface area contributed by atoms with Crippen LogP contribution in [0, 0.1) is 19.7 Å². The Morgan fingerprint density at radius 2 is 2.18 bits per heavy atom. The minimum absolute atomic E-state index is 0.393. The van der Waals surface area contributed by atoms with E-state index in [1.54, 1.807) is 11.3 Å². The molecule has 90 valence electrons. The normalized spacial score (nSPS) is 12.7. The van der Waals surface area contributed by atoms with Crippen molar-refractivity contribution < 1.29 is 9.50 Å². The van der Waals surface area contributed by atoms with Gasteiger partial charge in [-0.05, 0) is 19.9 Å². The predicted octanol–water partition coefficient (Wildman–Crippen LogP) is 2.57. The Morgan fingerprint density at radius 1 is 1.41 bits per heavy atom. The van der Waals surface area contributed by atoms with Crippen LogP contribution < -0.4 is 0 Å². The zero-order valence-corrected chi connectivity index (χ0v) is 10.5. The topological polar surface area (TPSA) is 46.0 Å². The van der Waals surface area contributed by atoms with Gasteiger partial charge in [0.15, 0.2) is 0 Å². The van der Waals surface area contributed by atoms with Crippen molar-refractivity contribution >= 4 is 11.3 Å². The molecule has 1 unspecified atom stereocenters. The lowest BCUT2D eigenvalue weighted by molar-refractivity contribution is 0.177. The van der Waals surface area contributed by atoms with Crippen molar-refractivity contribution in [2.75, 3.05) is 0 Å². The van der Waals surface area contributed by atoms with Gasteiger partial charge in [-0.15, -0.1) is 11.3 Å². The zero-order chi connectivity index (χ0) is 12.4. The van der Waals surface area contributed by atoms with E-state index in [9.17, 15) is 9.50 Å². The van der Waals surface area contributed by atoms with Gasteiger partial charge in [0.25, 0.3) is 0 Å². The van der Waals surface area contributed by atoms with Crippen molar-refractivity contribution in [3.05, 3.63) is 45.4 Å². The molecule has 0 aliphatic rings. The van der Waals surface area contributed by atoms with E-state index in [4.69, 9.17) is 0 Å². The summed E-state index contributed by atoms with van der Waals surface area (Å²) in [6, 6.07) is 1.30. The summed E-state index contributed by atoms with van der Waals surface area (Å²) in [6.07, 6.45) is 2.22. The van der Waals surface area contributed by atoms with Gasteiger partial charge >= 0.3 is 0 Å². The van der Waals surface area contributed by atoms with Crippen LogP contribution in [0.1, 0.15) is 27.2 Å². The number of halogens is 1. The Kier molecular flexibility index (Phi) is 3.49. The third-order valence-corrected chi connectivity index (χ3v) is 3.65.